The number of carbonyl (C=O) groups is 1. The third-order valence-electron chi connectivity index (χ3n) is 4.41. The fourth-order valence-electron chi connectivity index (χ4n) is 2.99. The molecule has 2 N–H and O–H groups in total. The van der Waals surface area contributed by atoms with E-state index in [1.165, 1.54) is 8.61 Å². The fraction of sp³-hybridized carbons (Fsp3) is 0.923. The molecule has 0 aliphatic carbocycles. The van der Waals surface area contributed by atoms with E-state index in [0.717, 1.165) is 0 Å². The number of piperidine rings is 1. The van der Waals surface area contributed by atoms with E-state index in [4.69, 9.17) is 5.11 Å². The van der Waals surface area contributed by atoms with Gasteiger partial charge in [-0.15, -0.1) is 0 Å². The van der Waals surface area contributed by atoms with Crippen LogP contribution in [0.2, 0.25) is 0 Å². The summed E-state index contributed by atoms with van der Waals surface area (Å²) in [6.45, 7) is 2.81. The summed E-state index contributed by atoms with van der Waals surface area (Å²) in [4.78, 5) is 11.1. The molecule has 0 saturated carbocycles. The van der Waals surface area contributed by atoms with E-state index in [2.05, 4.69) is 0 Å². The van der Waals surface area contributed by atoms with Gasteiger partial charge < -0.3 is 10.2 Å². The summed E-state index contributed by atoms with van der Waals surface area (Å²) in [5, 5.41) is 19.1. The Morgan fingerprint density at radius 2 is 1.81 bits per heavy atom. The Morgan fingerprint density at radius 1 is 1.14 bits per heavy atom. The molecule has 2 aliphatic rings. The molecule has 0 aromatic heterocycles. The van der Waals surface area contributed by atoms with Crippen molar-refractivity contribution in [3.8, 4) is 0 Å². The van der Waals surface area contributed by atoms with Crippen molar-refractivity contribution >= 4 is 16.2 Å². The third kappa shape index (κ3) is 3.94. The predicted octanol–water partition coefficient (Wildman–Crippen LogP) is 0.265. The first-order chi connectivity index (χ1) is 9.72. The highest BCUT2D eigenvalue weighted by Gasteiger charge is 2.37. The largest absolute Gasteiger partial charge is 0.481 e. The topological polar surface area (TPSA) is 98.2 Å². The van der Waals surface area contributed by atoms with Gasteiger partial charge in [-0.2, -0.15) is 17.0 Å². The van der Waals surface area contributed by atoms with Gasteiger partial charge in [-0.3, -0.25) is 4.79 Å². The molecule has 0 aromatic rings. The van der Waals surface area contributed by atoms with E-state index < -0.39 is 27.7 Å². The van der Waals surface area contributed by atoms with Gasteiger partial charge in [-0.05, 0) is 39.0 Å². The molecule has 2 saturated heterocycles. The number of hydrogen-bond donors (Lipinski definition) is 2. The van der Waals surface area contributed by atoms with Gasteiger partial charge in [-0.25, -0.2) is 0 Å². The molecule has 0 aromatic carbocycles. The van der Waals surface area contributed by atoms with Gasteiger partial charge in [0.1, 0.15) is 0 Å². The van der Waals surface area contributed by atoms with Crippen molar-refractivity contribution in [1.82, 2.24) is 8.61 Å². The normalized spacial score (nSPS) is 33.5. The zero-order chi connectivity index (χ0) is 15.7. The van der Waals surface area contributed by atoms with Gasteiger partial charge in [0.2, 0.25) is 0 Å². The van der Waals surface area contributed by atoms with Gasteiger partial charge in [0.15, 0.2) is 0 Å². The summed E-state index contributed by atoms with van der Waals surface area (Å²) in [5.41, 5.74) is -0.824. The highest BCUT2D eigenvalue weighted by atomic mass is 32.2. The van der Waals surface area contributed by atoms with Gasteiger partial charge in [-0.1, -0.05) is 0 Å². The van der Waals surface area contributed by atoms with Crippen LogP contribution < -0.4 is 0 Å². The van der Waals surface area contributed by atoms with Crippen LogP contribution in [0.15, 0.2) is 0 Å². The lowest BCUT2D eigenvalue weighted by molar-refractivity contribution is -0.142. The number of carboxylic acid groups (broad SMARTS) is 1. The maximum atomic E-state index is 12.6. The summed E-state index contributed by atoms with van der Waals surface area (Å²) < 4.78 is 28.0. The molecule has 0 amide bonds. The Kier molecular flexibility index (Phi) is 4.92. The molecule has 21 heavy (non-hydrogen) atoms. The van der Waals surface area contributed by atoms with Crippen LogP contribution in [-0.2, 0) is 15.0 Å². The van der Waals surface area contributed by atoms with Crippen LogP contribution in [0, 0.1) is 5.92 Å². The average Bonchev–Trinajstić information content (AvgIpc) is 2.60. The summed E-state index contributed by atoms with van der Waals surface area (Å²) in [5.74, 6) is -1.56. The van der Waals surface area contributed by atoms with Crippen LogP contribution in [0.3, 0.4) is 0 Å². The van der Waals surface area contributed by atoms with Gasteiger partial charge in [0, 0.05) is 26.2 Å². The molecule has 2 atom stereocenters. The number of rotatable bonds is 3. The SMILES string of the molecule is CC1(O)CCCN(S(=O)(=O)N2CCCC(C(=O)O)C2)CC1. The lowest BCUT2D eigenvalue weighted by Gasteiger charge is -2.34. The van der Waals surface area contributed by atoms with E-state index >= 15 is 0 Å². The molecule has 122 valence electrons. The van der Waals surface area contributed by atoms with Crippen molar-refractivity contribution < 1.29 is 23.4 Å². The van der Waals surface area contributed by atoms with Crippen molar-refractivity contribution in [1.29, 1.82) is 0 Å². The molecule has 2 fully saturated rings. The Balaban J connectivity index is 2.08. The number of hydrogen-bond acceptors (Lipinski definition) is 4. The number of carboxylic acids is 1. The lowest BCUT2D eigenvalue weighted by Crippen LogP contribution is -2.49. The van der Waals surface area contributed by atoms with Crippen molar-refractivity contribution in [3.63, 3.8) is 0 Å². The minimum absolute atomic E-state index is 0.0462. The second kappa shape index (κ2) is 6.20. The summed E-state index contributed by atoms with van der Waals surface area (Å²) >= 11 is 0. The molecular formula is C13H24N2O5S. The van der Waals surface area contributed by atoms with Crippen LogP contribution in [0.1, 0.15) is 39.0 Å². The van der Waals surface area contributed by atoms with Crippen molar-refractivity contribution in [2.45, 2.75) is 44.6 Å². The van der Waals surface area contributed by atoms with Crippen LogP contribution in [0.5, 0.6) is 0 Å². The predicted molar refractivity (Wildman–Crippen MR) is 76.9 cm³/mol. The number of aliphatic carboxylic acids is 1. The second-order valence-electron chi connectivity index (χ2n) is 6.29. The zero-order valence-corrected chi connectivity index (χ0v) is 13.2. The van der Waals surface area contributed by atoms with E-state index in [1.54, 1.807) is 6.92 Å². The van der Waals surface area contributed by atoms with Crippen molar-refractivity contribution in [2.24, 2.45) is 5.92 Å². The standard InChI is InChI=1S/C13H24N2O5S/c1-13(18)5-3-8-14(9-6-13)21(19,20)15-7-2-4-11(10-15)12(16)17/h11,18H,2-10H2,1H3,(H,16,17). The smallest absolute Gasteiger partial charge is 0.307 e. The Hall–Kier alpha value is -0.700. The van der Waals surface area contributed by atoms with Crippen molar-refractivity contribution in [2.75, 3.05) is 26.2 Å². The molecule has 7 nitrogen and oxygen atoms in total. The molecule has 2 rings (SSSR count). The minimum atomic E-state index is -3.63. The lowest BCUT2D eigenvalue weighted by atomic mass is 9.98. The van der Waals surface area contributed by atoms with E-state index in [-0.39, 0.29) is 13.1 Å². The Bertz CT molecular complexity index is 491. The molecule has 0 bridgehead atoms. The highest BCUT2D eigenvalue weighted by molar-refractivity contribution is 7.86. The first-order valence-corrected chi connectivity index (χ1v) is 8.82. The van der Waals surface area contributed by atoms with Gasteiger partial charge in [0.25, 0.3) is 10.2 Å². The van der Waals surface area contributed by atoms with Crippen LogP contribution in [0.25, 0.3) is 0 Å². The van der Waals surface area contributed by atoms with Crippen molar-refractivity contribution in [3.05, 3.63) is 0 Å². The average molecular weight is 320 g/mol. The molecule has 8 heteroatoms. The van der Waals surface area contributed by atoms with Gasteiger partial charge in [0.05, 0.1) is 11.5 Å². The van der Waals surface area contributed by atoms with Crippen LogP contribution >= 0.6 is 0 Å². The molecule has 2 aliphatic heterocycles. The summed E-state index contributed by atoms with van der Waals surface area (Å²) in [7, 11) is -3.63. The first kappa shape index (κ1) is 16.7. The first-order valence-electron chi connectivity index (χ1n) is 7.43. The van der Waals surface area contributed by atoms with Gasteiger partial charge >= 0.3 is 5.97 Å². The monoisotopic (exact) mass is 320 g/mol. The Morgan fingerprint density at radius 3 is 2.48 bits per heavy atom. The highest BCUT2D eigenvalue weighted by Crippen LogP contribution is 2.26. The molecule has 0 spiro atoms. The van der Waals surface area contributed by atoms with E-state index in [0.29, 0.717) is 45.2 Å². The zero-order valence-electron chi connectivity index (χ0n) is 12.4. The second-order valence-corrected chi connectivity index (χ2v) is 8.22. The minimum Gasteiger partial charge on any atom is -0.481 e. The van der Waals surface area contributed by atoms with Crippen LogP contribution in [0.4, 0.5) is 0 Å². The number of nitrogens with zero attached hydrogens (tertiary/aromatic N) is 2. The van der Waals surface area contributed by atoms with E-state index in [1.807, 2.05) is 0 Å². The molecule has 2 heterocycles. The maximum absolute atomic E-state index is 12.6. The molecular weight excluding hydrogens is 296 g/mol. The fourth-order valence-corrected chi connectivity index (χ4v) is 4.72. The maximum Gasteiger partial charge on any atom is 0.307 e. The van der Waals surface area contributed by atoms with E-state index in [9.17, 15) is 18.3 Å². The molecule has 0 radical (unpaired) electrons. The Labute approximate surface area is 125 Å². The summed E-state index contributed by atoms with van der Waals surface area (Å²) in [6, 6.07) is 0. The molecule has 2 unspecified atom stereocenters. The third-order valence-corrected chi connectivity index (χ3v) is 6.41. The van der Waals surface area contributed by atoms with Crippen LogP contribution in [-0.4, -0.2) is 65.0 Å². The summed E-state index contributed by atoms with van der Waals surface area (Å²) in [6.07, 6.45) is 2.69. The quantitative estimate of drug-likeness (QED) is 0.777. The number of aliphatic hydroxyl groups is 1.